The highest BCUT2D eigenvalue weighted by atomic mass is 16.6. The highest BCUT2D eigenvalue weighted by Crippen LogP contribution is 2.22. The first kappa shape index (κ1) is 12.5. The molecule has 1 saturated heterocycles. The molecule has 0 aromatic heterocycles. The maximum Gasteiger partial charge on any atom is 0.305 e. The normalized spacial score (nSPS) is 20.1. The van der Waals surface area contributed by atoms with Crippen molar-refractivity contribution >= 4 is 5.97 Å². The molecule has 1 heterocycles. The molecule has 3 heteroatoms. The van der Waals surface area contributed by atoms with Crippen molar-refractivity contribution in [3.8, 4) is 0 Å². The molecule has 0 spiro atoms. The molecule has 0 aliphatic carbocycles. The van der Waals surface area contributed by atoms with Crippen molar-refractivity contribution < 1.29 is 14.3 Å². The van der Waals surface area contributed by atoms with Gasteiger partial charge in [0, 0.05) is 6.42 Å². The van der Waals surface area contributed by atoms with E-state index >= 15 is 0 Å². The maximum absolute atomic E-state index is 11.2. The van der Waals surface area contributed by atoms with Gasteiger partial charge in [-0.3, -0.25) is 4.79 Å². The number of carbonyl (C=O) groups excluding carboxylic acids is 1. The van der Waals surface area contributed by atoms with E-state index in [1.54, 1.807) is 0 Å². The van der Waals surface area contributed by atoms with E-state index in [0.29, 0.717) is 18.4 Å². The summed E-state index contributed by atoms with van der Waals surface area (Å²) in [4.78, 5) is 11.2. The Labute approximate surface area is 92.1 Å². The van der Waals surface area contributed by atoms with Crippen molar-refractivity contribution in [2.45, 2.75) is 52.6 Å². The van der Waals surface area contributed by atoms with Crippen LogP contribution in [0.15, 0.2) is 0 Å². The van der Waals surface area contributed by atoms with E-state index in [1.807, 2.05) is 0 Å². The van der Waals surface area contributed by atoms with Crippen molar-refractivity contribution in [3.05, 3.63) is 0 Å². The summed E-state index contributed by atoms with van der Waals surface area (Å²) in [7, 11) is 0. The van der Waals surface area contributed by atoms with Gasteiger partial charge in [-0.25, -0.2) is 0 Å². The van der Waals surface area contributed by atoms with E-state index in [1.165, 1.54) is 0 Å². The summed E-state index contributed by atoms with van der Waals surface area (Å²) in [5, 5.41) is 0. The van der Waals surface area contributed by atoms with Gasteiger partial charge in [0.25, 0.3) is 0 Å². The minimum Gasteiger partial charge on any atom is -0.463 e. The van der Waals surface area contributed by atoms with Crippen molar-refractivity contribution in [2.75, 3.05) is 13.2 Å². The second-order valence-corrected chi connectivity index (χ2v) is 5.41. The molecule has 0 N–H and O–H groups in total. The van der Waals surface area contributed by atoms with Gasteiger partial charge in [0.1, 0.15) is 12.7 Å². The lowest BCUT2D eigenvalue weighted by atomic mass is 9.89. The summed E-state index contributed by atoms with van der Waals surface area (Å²) in [6.45, 7) is 7.84. The summed E-state index contributed by atoms with van der Waals surface area (Å²) >= 11 is 0. The smallest absolute Gasteiger partial charge is 0.305 e. The zero-order chi connectivity index (χ0) is 11.3. The summed E-state index contributed by atoms with van der Waals surface area (Å²) in [6, 6.07) is 0. The van der Waals surface area contributed by atoms with Crippen LogP contribution in [-0.2, 0) is 14.3 Å². The van der Waals surface area contributed by atoms with Gasteiger partial charge in [-0.2, -0.15) is 0 Å². The van der Waals surface area contributed by atoms with Crippen LogP contribution in [0.2, 0.25) is 0 Å². The van der Waals surface area contributed by atoms with Crippen molar-refractivity contribution in [1.29, 1.82) is 0 Å². The maximum atomic E-state index is 11.2. The Hall–Kier alpha value is -0.570. The quantitative estimate of drug-likeness (QED) is 0.387. The van der Waals surface area contributed by atoms with Gasteiger partial charge in [0.15, 0.2) is 0 Å². The Morgan fingerprint density at radius 1 is 1.40 bits per heavy atom. The van der Waals surface area contributed by atoms with Crippen LogP contribution in [-0.4, -0.2) is 25.3 Å². The SMILES string of the molecule is CC(C)(C)CCCCC(=O)OCC1CO1. The molecule has 3 nitrogen and oxygen atoms in total. The Morgan fingerprint density at radius 2 is 2.07 bits per heavy atom. The summed E-state index contributed by atoms with van der Waals surface area (Å²) < 4.78 is 9.99. The molecule has 88 valence electrons. The van der Waals surface area contributed by atoms with Gasteiger partial charge in [-0.15, -0.1) is 0 Å². The van der Waals surface area contributed by atoms with Gasteiger partial charge in [-0.1, -0.05) is 27.2 Å². The zero-order valence-electron chi connectivity index (χ0n) is 10.0. The first-order chi connectivity index (χ1) is 6.97. The van der Waals surface area contributed by atoms with E-state index in [-0.39, 0.29) is 12.1 Å². The van der Waals surface area contributed by atoms with Crippen LogP contribution < -0.4 is 0 Å². The largest absolute Gasteiger partial charge is 0.463 e. The fraction of sp³-hybridized carbons (Fsp3) is 0.917. The molecule has 0 aromatic carbocycles. The first-order valence-electron chi connectivity index (χ1n) is 5.74. The fourth-order valence-electron chi connectivity index (χ4n) is 1.35. The van der Waals surface area contributed by atoms with Crippen molar-refractivity contribution in [2.24, 2.45) is 5.41 Å². The third-order valence-electron chi connectivity index (χ3n) is 2.39. The van der Waals surface area contributed by atoms with E-state index in [4.69, 9.17) is 9.47 Å². The van der Waals surface area contributed by atoms with Gasteiger partial charge in [0.2, 0.25) is 0 Å². The van der Waals surface area contributed by atoms with E-state index in [2.05, 4.69) is 20.8 Å². The number of hydrogen-bond acceptors (Lipinski definition) is 3. The Balaban J connectivity index is 1.91. The zero-order valence-corrected chi connectivity index (χ0v) is 10.0. The summed E-state index contributed by atoms with van der Waals surface area (Å²) in [6.07, 6.45) is 3.91. The molecule has 0 aromatic rings. The number of ether oxygens (including phenoxy) is 2. The number of carbonyl (C=O) groups is 1. The fourth-order valence-corrected chi connectivity index (χ4v) is 1.35. The molecule has 0 amide bonds. The molecule has 15 heavy (non-hydrogen) atoms. The predicted molar refractivity (Wildman–Crippen MR) is 58.6 cm³/mol. The summed E-state index contributed by atoms with van der Waals surface area (Å²) in [5.74, 6) is -0.0839. The Morgan fingerprint density at radius 3 is 2.60 bits per heavy atom. The summed E-state index contributed by atoms with van der Waals surface area (Å²) in [5.41, 5.74) is 0.367. The standard InChI is InChI=1S/C12H22O3/c1-12(2,3)7-5-4-6-11(13)15-9-10-8-14-10/h10H,4-9H2,1-3H3. The van der Waals surface area contributed by atoms with Crippen LogP contribution in [0.25, 0.3) is 0 Å². The third kappa shape index (κ3) is 7.37. The molecule has 1 unspecified atom stereocenters. The number of esters is 1. The van der Waals surface area contributed by atoms with E-state index in [0.717, 1.165) is 25.9 Å². The average Bonchev–Trinajstić information content (AvgIpc) is 2.91. The average molecular weight is 214 g/mol. The molecule has 1 rings (SSSR count). The van der Waals surface area contributed by atoms with Crippen LogP contribution in [0.4, 0.5) is 0 Å². The van der Waals surface area contributed by atoms with Gasteiger partial charge < -0.3 is 9.47 Å². The van der Waals surface area contributed by atoms with Gasteiger partial charge >= 0.3 is 5.97 Å². The number of rotatable bonds is 6. The minimum atomic E-state index is -0.0839. The number of hydrogen-bond donors (Lipinski definition) is 0. The van der Waals surface area contributed by atoms with Gasteiger partial charge in [-0.05, 0) is 18.3 Å². The third-order valence-corrected chi connectivity index (χ3v) is 2.39. The van der Waals surface area contributed by atoms with Crippen LogP contribution in [0.3, 0.4) is 0 Å². The van der Waals surface area contributed by atoms with Crippen molar-refractivity contribution in [1.82, 2.24) is 0 Å². The van der Waals surface area contributed by atoms with Gasteiger partial charge in [0.05, 0.1) is 6.61 Å². The monoisotopic (exact) mass is 214 g/mol. The molecular weight excluding hydrogens is 192 g/mol. The van der Waals surface area contributed by atoms with Crippen LogP contribution >= 0.6 is 0 Å². The predicted octanol–water partition coefficient (Wildman–Crippen LogP) is 2.53. The first-order valence-corrected chi connectivity index (χ1v) is 5.74. The van der Waals surface area contributed by atoms with E-state index in [9.17, 15) is 4.79 Å². The highest BCUT2D eigenvalue weighted by Gasteiger charge is 2.24. The van der Waals surface area contributed by atoms with Crippen LogP contribution in [0.5, 0.6) is 0 Å². The lowest BCUT2D eigenvalue weighted by Crippen LogP contribution is -2.10. The molecule has 0 bridgehead atoms. The van der Waals surface area contributed by atoms with Crippen LogP contribution in [0.1, 0.15) is 46.5 Å². The second kappa shape index (κ2) is 5.50. The van der Waals surface area contributed by atoms with Crippen molar-refractivity contribution in [3.63, 3.8) is 0 Å². The molecule has 1 fully saturated rings. The lowest BCUT2D eigenvalue weighted by molar-refractivity contribution is -0.144. The van der Waals surface area contributed by atoms with E-state index < -0.39 is 0 Å². The highest BCUT2D eigenvalue weighted by molar-refractivity contribution is 5.69. The number of epoxide rings is 1. The molecular formula is C12H22O3. The molecule has 0 radical (unpaired) electrons. The van der Waals surface area contributed by atoms with Crippen LogP contribution in [0, 0.1) is 5.41 Å². The second-order valence-electron chi connectivity index (χ2n) is 5.41. The topological polar surface area (TPSA) is 38.8 Å². The lowest BCUT2D eigenvalue weighted by Gasteiger charge is -2.17. The number of unbranched alkanes of at least 4 members (excludes halogenated alkanes) is 1. The Bertz CT molecular complexity index is 201. The minimum absolute atomic E-state index is 0.0839. The Kier molecular flexibility index (Phi) is 4.58. The molecule has 0 saturated carbocycles. The molecule has 1 atom stereocenters. The molecule has 1 aliphatic rings. The molecule has 1 aliphatic heterocycles.